The van der Waals surface area contributed by atoms with Crippen LogP contribution in [0.25, 0.3) is 0 Å². The van der Waals surface area contributed by atoms with Crippen LogP contribution in [-0.4, -0.2) is 18.4 Å². The highest BCUT2D eigenvalue weighted by Gasteiger charge is 2.21. The summed E-state index contributed by atoms with van der Waals surface area (Å²) in [6.45, 7) is 0.271. The van der Waals surface area contributed by atoms with Gasteiger partial charge in [-0.25, -0.2) is 0 Å². The van der Waals surface area contributed by atoms with E-state index in [1.54, 1.807) is 12.1 Å². The second kappa shape index (κ2) is 7.21. The topological polar surface area (TPSA) is 97.4 Å². The van der Waals surface area contributed by atoms with Crippen LogP contribution in [0, 0.1) is 0 Å². The summed E-state index contributed by atoms with van der Waals surface area (Å²) < 4.78 is 5.00. The number of carbonyl (C=O) groups excluding carboxylic acids is 2. The number of nitrogens with one attached hydrogen (secondary N) is 2. The van der Waals surface area contributed by atoms with Crippen molar-refractivity contribution in [2.75, 3.05) is 12.3 Å². The van der Waals surface area contributed by atoms with Crippen molar-refractivity contribution in [3.05, 3.63) is 53.5 Å². The Balaban J connectivity index is 1.50. The molecule has 1 aliphatic carbocycles. The molecule has 6 heteroatoms. The third kappa shape index (κ3) is 3.76. The zero-order valence-corrected chi connectivity index (χ0v) is 13.4. The average Bonchev–Trinajstić information content (AvgIpc) is 3.09. The first-order valence-corrected chi connectivity index (χ1v) is 8.13. The number of fused-ring (bicyclic) bond motifs is 1. The largest absolute Gasteiger partial charge is 0.459 e. The Morgan fingerprint density at radius 3 is 2.96 bits per heavy atom. The maximum atomic E-state index is 12.1. The monoisotopic (exact) mass is 327 g/mol. The Morgan fingerprint density at radius 1 is 1.29 bits per heavy atom. The third-order valence-corrected chi connectivity index (χ3v) is 4.20. The molecule has 1 aliphatic rings. The number of hydrogen-bond acceptors (Lipinski definition) is 4. The van der Waals surface area contributed by atoms with Crippen molar-refractivity contribution >= 4 is 17.5 Å². The Labute approximate surface area is 140 Å². The van der Waals surface area contributed by atoms with Crippen LogP contribution in [0.2, 0.25) is 0 Å². The van der Waals surface area contributed by atoms with Gasteiger partial charge >= 0.3 is 0 Å². The lowest BCUT2D eigenvalue weighted by molar-refractivity contribution is -0.121. The number of hydrogen-bond donors (Lipinski definition) is 3. The van der Waals surface area contributed by atoms with Gasteiger partial charge in [0, 0.05) is 18.7 Å². The summed E-state index contributed by atoms with van der Waals surface area (Å²) in [7, 11) is 0. The van der Waals surface area contributed by atoms with E-state index < -0.39 is 0 Å². The Morgan fingerprint density at radius 2 is 2.17 bits per heavy atom. The lowest BCUT2D eigenvalue weighted by Gasteiger charge is -2.26. The first kappa shape index (κ1) is 16.1. The molecule has 2 aromatic rings. The SMILES string of the molecule is Nc1ccc2c(c1)CCCC2NC(=O)CCNC(=O)c1ccco1. The van der Waals surface area contributed by atoms with E-state index in [1.807, 2.05) is 18.2 Å². The number of carbonyl (C=O) groups is 2. The van der Waals surface area contributed by atoms with Crippen molar-refractivity contribution in [3.63, 3.8) is 0 Å². The van der Waals surface area contributed by atoms with Gasteiger partial charge in [-0.05, 0) is 54.7 Å². The van der Waals surface area contributed by atoms with E-state index in [-0.39, 0.29) is 36.6 Å². The summed E-state index contributed by atoms with van der Waals surface area (Å²) in [5, 5.41) is 5.72. The van der Waals surface area contributed by atoms with Crippen LogP contribution < -0.4 is 16.4 Å². The molecule has 0 bridgehead atoms. The van der Waals surface area contributed by atoms with Crippen molar-refractivity contribution in [1.82, 2.24) is 10.6 Å². The first-order chi connectivity index (χ1) is 11.6. The highest BCUT2D eigenvalue weighted by Crippen LogP contribution is 2.30. The highest BCUT2D eigenvalue weighted by atomic mass is 16.3. The summed E-state index contributed by atoms with van der Waals surface area (Å²) >= 11 is 0. The fraction of sp³-hybridized carbons (Fsp3) is 0.333. The molecule has 0 spiro atoms. The molecule has 1 aromatic carbocycles. The molecule has 1 unspecified atom stereocenters. The maximum Gasteiger partial charge on any atom is 0.286 e. The molecular weight excluding hydrogens is 306 g/mol. The van der Waals surface area contributed by atoms with E-state index in [0.717, 1.165) is 30.5 Å². The van der Waals surface area contributed by atoms with Crippen LogP contribution in [0.4, 0.5) is 5.69 Å². The van der Waals surface area contributed by atoms with Crippen LogP contribution in [0.1, 0.15) is 47.0 Å². The number of aryl methyl sites for hydroxylation is 1. The molecule has 1 aromatic heterocycles. The van der Waals surface area contributed by atoms with Gasteiger partial charge in [0.1, 0.15) is 0 Å². The second-order valence-corrected chi connectivity index (χ2v) is 5.95. The van der Waals surface area contributed by atoms with E-state index in [1.165, 1.54) is 11.8 Å². The fourth-order valence-corrected chi connectivity index (χ4v) is 3.04. The van der Waals surface area contributed by atoms with Crippen molar-refractivity contribution in [3.8, 4) is 0 Å². The van der Waals surface area contributed by atoms with Crippen LogP contribution >= 0.6 is 0 Å². The number of benzene rings is 1. The van der Waals surface area contributed by atoms with Gasteiger partial charge in [-0.3, -0.25) is 9.59 Å². The highest BCUT2D eigenvalue weighted by molar-refractivity contribution is 5.91. The number of furan rings is 1. The summed E-state index contributed by atoms with van der Waals surface area (Å²) in [5.74, 6) is -0.148. The molecule has 1 heterocycles. The van der Waals surface area contributed by atoms with Crippen molar-refractivity contribution in [1.29, 1.82) is 0 Å². The van der Waals surface area contributed by atoms with Crippen LogP contribution in [0.15, 0.2) is 41.0 Å². The smallest absolute Gasteiger partial charge is 0.286 e. The Hall–Kier alpha value is -2.76. The van der Waals surface area contributed by atoms with Crippen molar-refractivity contribution < 1.29 is 14.0 Å². The van der Waals surface area contributed by atoms with Crippen molar-refractivity contribution in [2.24, 2.45) is 0 Å². The third-order valence-electron chi connectivity index (χ3n) is 4.20. The van der Waals surface area contributed by atoms with Gasteiger partial charge in [0.15, 0.2) is 5.76 Å². The minimum atomic E-state index is -0.314. The molecule has 0 radical (unpaired) electrons. The molecule has 6 nitrogen and oxygen atoms in total. The fourth-order valence-electron chi connectivity index (χ4n) is 3.04. The maximum absolute atomic E-state index is 12.1. The second-order valence-electron chi connectivity index (χ2n) is 5.95. The molecule has 4 N–H and O–H groups in total. The molecule has 0 fully saturated rings. The van der Waals surface area contributed by atoms with Gasteiger partial charge in [-0.2, -0.15) is 0 Å². The average molecular weight is 327 g/mol. The minimum absolute atomic E-state index is 0.0163. The number of amides is 2. The minimum Gasteiger partial charge on any atom is -0.459 e. The summed E-state index contributed by atoms with van der Waals surface area (Å²) in [5.41, 5.74) is 8.93. The van der Waals surface area contributed by atoms with Crippen molar-refractivity contribution in [2.45, 2.75) is 31.7 Å². The number of rotatable bonds is 5. The van der Waals surface area contributed by atoms with E-state index in [0.29, 0.717) is 0 Å². The van der Waals surface area contributed by atoms with E-state index >= 15 is 0 Å². The summed E-state index contributed by atoms with van der Waals surface area (Å²) in [6, 6.07) is 9.09. The molecular formula is C18H21N3O3. The van der Waals surface area contributed by atoms with Gasteiger partial charge < -0.3 is 20.8 Å². The van der Waals surface area contributed by atoms with Crippen LogP contribution in [-0.2, 0) is 11.2 Å². The van der Waals surface area contributed by atoms with Gasteiger partial charge in [-0.1, -0.05) is 6.07 Å². The molecule has 24 heavy (non-hydrogen) atoms. The van der Waals surface area contributed by atoms with E-state index in [9.17, 15) is 9.59 Å². The lowest BCUT2D eigenvalue weighted by Crippen LogP contribution is -2.34. The molecule has 0 aliphatic heterocycles. The Kier molecular flexibility index (Phi) is 4.84. The lowest BCUT2D eigenvalue weighted by atomic mass is 9.87. The van der Waals surface area contributed by atoms with E-state index in [4.69, 9.17) is 10.2 Å². The summed E-state index contributed by atoms with van der Waals surface area (Å²) in [4.78, 5) is 23.9. The number of nitrogen functional groups attached to an aromatic ring is 1. The number of anilines is 1. The molecule has 0 saturated carbocycles. The van der Waals surface area contributed by atoms with Gasteiger partial charge in [0.05, 0.1) is 12.3 Å². The standard InChI is InChI=1S/C18H21N3O3/c19-13-6-7-14-12(11-13)3-1-4-15(14)21-17(22)8-9-20-18(23)16-5-2-10-24-16/h2,5-7,10-11,15H,1,3-4,8-9,19H2,(H,20,23)(H,21,22). The normalized spacial score (nSPS) is 16.2. The van der Waals surface area contributed by atoms with E-state index in [2.05, 4.69) is 10.6 Å². The summed E-state index contributed by atoms with van der Waals surface area (Å²) in [6.07, 6.45) is 4.60. The van der Waals surface area contributed by atoms with Crippen LogP contribution in [0.5, 0.6) is 0 Å². The first-order valence-electron chi connectivity index (χ1n) is 8.13. The van der Waals surface area contributed by atoms with Gasteiger partial charge in [-0.15, -0.1) is 0 Å². The van der Waals surface area contributed by atoms with Gasteiger partial charge in [0.25, 0.3) is 5.91 Å². The molecule has 3 rings (SSSR count). The molecule has 1 atom stereocenters. The predicted molar refractivity (Wildman–Crippen MR) is 90.3 cm³/mol. The molecule has 2 amide bonds. The quantitative estimate of drug-likeness (QED) is 0.733. The zero-order chi connectivity index (χ0) is 16.9. The van der Waals surface area contributed by atoms with Gasteiger partial charge in [0.2, 0.25) is 5.91 Å². The molecule has 126 valence electrons. The molecule has 0 saturated heterocycles. The number of nitrogens with two attached hydrogens (primary N) is 1. The Bertz CT molecular complexity index is 725. The zero-order valence-electron chi connectivity index (χ0n) is 13.4. The predicted octanol–water partition coefficient (Wildman–Crippen LogP) is 2.18. The van der Waals surface area contributed by atoms with Crippen LogP contribution in [0.3, 0.4) is 0 Å².